The Morgan fingerprint density at radius 3 is 2.50 bits per heavy atom. The molecule has 1 heterocycles. The van der Waals surface area contributed by atoms with Crippen molar-refractivity contribution >= 4 is 23.4 Å². The number of nitrogens with zero attached hydrogens (tertiary/aromatic N) is 1. The Morgan fingerprint density at radius 2 is 1.79 bits per heavy atom. The summed E-state index contributed by atoms with van der Waals surface area (Å²) in [5, 5.41) is 4.11. The van der Waals surface area contributed by atoms with Gasteiger partial charge in [0, 0.05) is 47.0 Å². The first-order valence-corrected chi connectivity index (χ1v) is 9.50. The lowest BCUT2D eigenvalue weighted by Crippen LogP contribution is -2.45. The Balaban J connectivity index is 1.86. The van der Waals surface area contributed by atoms with E-state index in [1.807, 2.05) is 30.3 Å². The molecular weight excluding hydrogens is 343 g/mol. The number of benzene rings is 2. The molecule has 0 saturated carbocycles. The largest absolute Gasteiger partial charge is 0.314 e. The molecule has 5 heteroatoms. The van der Waals surface area contributed by atoms with Crippen LogP contribution < -0.4 is 5.32 Å². The molecule has 1 aliphatic heterocycles. The van der Waals surface area contributed by atoms with E-state index in [0.29, 0.717) is 6.42 Å². The Kier molecular flexibility index (Phi) is 6.55. The summed E-state index contributed by atoms with van der Waals surface area (Å²) in [7, 11) is 0. The molecule has 1 atom stereocenters. The molecule has 1 aliphatic rings. The highest BCUT2D eigenvalue weighted by molar-refractivity contribution is 7.99. The van der Waals surface area contributed by atoms with Crippen LogP contribution in [0.2, 0.25) is 5.02 Å². The van der Waals surface area contributed by atoms with Crippen molar-refractivity contribution in [2.45, 2.75) is 22.3 Å². The molecule has 0 unspecified atom stereocenters. The van der Waals surface area contributed by atoms with Crippen LogP contribution >= 0.6 is 23.4 Å². The minimum atomic E-state index is -0.297. The van der Waals surface area contributed by atoms with Crippen molar-refractivity contribution in [2.75, 3.05) is 32.9 Å². The molecular formula is C19H22ClFN2S. The third-order valence-electron chi connectivity index (χ3n) is 4.29. The number of piperazine rings is 1. The summed E-state index contributed by atoms with van der Waals surface area (Å²) in [6.45, 7) is 3.56. The first-order valence-electron chi connectivity index (χ1n) is 8.31. The highest BCUT2D eigenvalue weighted by Crippen LogP contribution is 2.37. The lowest BCUT2D eigenvalue weighted by molar-refractivity contribution is 0.155. The zero-order valence-corrected chi connectivity index (χ0v) is 15.1. The van der Waals surface area contributed by atoms with Crippen molar-refractivity contribution in [3.8, 4) is 0 Å². The standard InChI is InChI=1S/C19H22ClFN2S/c20-15-5-7-16(8-6-15)24-19-4-2-1-3-17(19)18(9-10-21)23-13-11-22-12-14-23/h1-8,18,22H,9-14H2/t18-/m1/s1. The summed E-state index contributed by atoms with van der Waals surface area (Å²) >= 11 is 7.69. The minimum Gasteiger partial charge on any atom is -0.314 e. The van der Waals surface area contributed by atoms with Crippen molar-refractivity contribution < 1.29 is 4.39 Å². The number of hydrogen-bond donors (Lipinski definition) is 1. The molecule has 24 heavy (non-hydrogen) atoms. The molecule has 1 saturated heterocycles. The van der Waals surface area contributed by atoms with Gasteiger partial charge in [-0.2, -0.15) is 0 Å². The van der Waals surface area contributed by atoms with Crippen molar-refractivity contribution in [1.82, 2.24) is 10.2 Å². The molecule has 0 aromatic heterocycles. The van der Waals surface area contributed by atoms with E-state index in [2.05, 4.69) is 28.4 Å². The molecule has 0 amide bonds. The normalized spacial score (nSPS) is 16.9. The zero-order valence-electron chi connectivity index (χ0n) is 13.6. The first-order chi connectivity index (χ1) is 11.8. The maximum Gasteiger partial charge on any atom is 0.0912 e. The van der Waals surface area contributed by atoms with Crippen LogP contribution in [0.3, 0.4) is 0 Å². The van der Waals surface area contributed by atoms with Crippen LogP contribution in [-0.2, 0) is 0 Å². The van der Waals surface area contributed by atoms with Crippen LogP contribution in [0.5, 0.6) is 0 Å². The predicted octanol–water partition coefficient (Wildman–Crippen LogP) is 4.80. The summed E-state index contributed by atoms with van der Waals surface area (Å²) in [6.07, 6.45) is 0.540. The van der Waals surface area contributed by atoms with Gasteiger partial charge >= 0.3 is 0 Å². The van der Waals surface area contributed by atoms with E-state index in [4.69, 9.17) is 11.6 Å². The molecule has 128 valence electrons. The van der Waals surface area contributed by atoms with E-state index in [1.54, 1.807) is 11.8 Å². The molecule has 0 aliphatic carbocycles. The topological polar surface area (TPSA) is 15.3 Å². The van der Waals surface area contributed by atoms with Crippen LogP contribution in [-0.4, -0.2) is 37.8 Å². The summed E-state index contributed by atoms with van der Waals surface area (Å²) in [5.74, 6) is 0. The fraction of sp³-hybridized carbons (Fsp3) is 0.368. The van der Waals surface area contributed by atoms with Crippen LogP contribution in [0.1, 0.15) is 18.0 Å². The van der Waals surface area contributed by atoms with Gasteiger partial charge in [-0.15, -0.1) is 0 Å². The lowest BCUT2D eigenvalue weighted by atomic mass is 10.0. The molecule has 0 radical (unpaired) electrons. The quantitative estimate of drug-likeness (QED) is 0.792. The summed E-state index contributed by atoms with van der Waals surface area (Å²) < 4.78 is 13.2. The molecule has 1 fully saturated rings. The Morgan fingerprint density at radius 1 is 1.08 bits per heavy atom. The van der Waals surface area contributed by atoms with E-state index < -0.39 is 0 Å². The number of halogens is 2. The zero-order chi connectivity index (χ0) is 16.8. The van der Waals surface area contributed by atoms with Crippen LogP contribution in [0.25, 0.3) is 0 Å². The van der Waals surface area contributed by atoms with Gasteiger partial charge in [-0.3, -0.25) is 9.29 Å². The van der Waals surface area contributed by atoms with Crippen molar-refractivity contribution in [2.24, 2.45) is 0 Å². The van der Waals surface area contributed by atoms with Gasteiger partial charge in [0.15, 0.2) is 0 Å². The monoisotopic (exact) mass is 364 g/mol. The van der Waals surface area contributed by atoms with Gasteiger partial charge < -0.3 is 5.32 Å². The second-order valence-corrected chi connectivity index (χ2v) is 7.43. The maximum atomic E-state index is 13.2. The van der Waals surface area contributed by atoms with Gasteiger partial charge in [-0.25, -0.2) is 0 Å². The van der Waals surface area contributed by atoms with E-state index in [0.717, 1.165) is 36.1 Å². The highest BCUT2D eigenvalue weighted by atomic mass is 35.5. The Bertz CT molecular complexity index is 644. The van der Waals surface area contributed by atoms with Gasteiger partial charge in [-0.05, 0) is 42.3 Å². The molecule has 0 spiro atoms. The van der Waals surface area contributed by atoms with Gasteiger partial charge in [0.2, 0.25) is 0 Å². The summed E-state index contributed by atoms with van der Waals surface area (Å²) in [4.78, 5) is 4.74. The van der Waals surface area contributed by atoms with Crippen LogP contribution in [0.4, 0.5) is 4.39 Å². The van der Waals surface area contributed by atoms with E-state index in [1.165, 1.54) is 10.5 Å². The van der Waals surface area contributed by atoms with Gasteiger partial charge in [0.1, 0.15) is 0 Å². The number of nitrogens with one attached hydrogen (secondary N) is 1. The Hall–Kier alpha value is -1.07. The smallest absolute Gasteiger partial charge is 0.0912 e. The highest BCUT2D eigenvalue weighted by Gasteiger charge is 2.24. The third-order valence-corrected chi connectivity index (χ3v) is 5.65. The van der Waals surface area contributed by atoms with E-state index in [-0.39, 0.29) is 12.7 Å². The van der Waals surface area contributed by atoms with Crippen molar-refractivity contribution in [3.05, 3.63) is 59.1 Å². The first kappa shape index (κ1) is 17.7. The maximum absolute atomic E-state index is 13.2. The van der Waals surface area contributed by atoms with Crippen LogP contribution in [0.15, 0.2) is 58.3 Å². The molecule has 2 aromatic carbocycles. The molecule has 2 aromatic rings. The number of rotatable bonds is 6. The van der Waals surface area contributed by atoms with Crippen molar-refractivity contribution in [3.63, 3.8) is 0 Å². The molecule has 0 bridgehead atoms. The van der Waals surface area contributed by atoms with Crippen molar-refractivity contribution in [1.29, 1.82) is 0 Å². The molecule has 2 nitrogen and oxygen atoms in total. The minimum absolute atomic E-state index is 0.133. The molecule has 3 rings (SSSR count). The number of hydrogen-bond acceptors (Lipinski definition) is 3. The average Bonchev–Trinajstić information content (AvgIpc) is 2.63. The van der Waals surface area contributed by atoms with Gasteiger partial charge in [0.05, 0.1) is 6.67 Å². The average molecular weight is 365 g/mol. The number of alkyl halides is 1. The predicted molar refractivity (Wildman–Crippen MR) is 99.8 cm³/mol. The van der Waals surface area contributed by atoms with E-state index in [9.17, 15) is 4.39 Å². The lowest BCUT2D eigenvalue weighted by Gasteiger charge is -2.35. The fourth-order valence-corrected chi connectivity index (χ4v) is 4.23. The van der Waals surface area contributed by atoms with E-state index >= 15 is 0 Å². The van der Waals surface area contributed by atoms with Gasteiger partial charge in [-0.1, -0.05) is 41.6 Å². The fourth-order valence-electron chi connectivity index (χ4n) is 3.11. The Labute approximate surface area is 152 Å². The summed E-state index contributed by atoms with van der Waals surface area (Å²) in [6, 6.07) is 16.4. The SMILES string of the molecule is FCC[C@H](c1ccccc1Sc1ccc(Cl)cc1)N1CCNCC1. The second kappa shape index (κ2) is 8.86. The molecule has 1 N–H and O–H groups in total. The van der Waals surface area contributed by atoms with Crippen LogP contribution in [0, 0.1) is 0 Å². The third kappa shape index (κ3) is 4.51. The summed E-state index contributed by atoms with van der Waals surface area (Å²) in [5.41, 5.74) is 1.22. The van der Waals surface area contributed by atoms with Gasteiger partial charge in [0.25, 0.3) is 0 Å². The second-order valence-electron chi connectivity index (χ2n) is 5.87.